The quantitative estimate of drug-likeness (QED) is 0.495. The summed E-state index contributed by atoms with van der Waals surface area (Å²) in [5.74, 6) is -1.29. The zero-order valence-corrected chi connectivity index (χ0v) is 16.0. The third kappa shape index (κ3) is 5.90. The molecule has 0 saturated heterocycles. The molecule has 0 saturated carbocycles. The second-order valence-electron chi connectivity index (χ2n) is 6.41. The van der Waals surface area contributed by atoms with Gasteiger partial charge in [-0.05, 0) is 49.4 Å². The number of halogens is 6. The Morgan fingerprint density at radius 1 is 1.07 bits per heavy atom. The summed E-state index contributed by atoms with van der Waals surface area (Å²) in [5.41, 5.74) is -5.02. The fourth-order valence-electron chi connectivity index (χ4n) is 2.25. The van der Waals surface area contributed by atoms with Gasteiger partial charge in [-0.2, -0.15) is 31.6 Å². The molecule has 1 unspecified atom stereocenters. The molecule has 160 valence electrons. The molecule has 0 spiro atoms. The first-order valence-corrected chi connectivity index (χ1v) is 9.18. The molecule has 1 amide bonds. The molecule has 30 heavy (non-hydrogen) atoms. The van der Waals surface area contributed by atoms with E-state index in [1.807, 2.05) is 0 Å². The Morgan fingerprint density at radius 3 is 2.17 bits per heavy atom. The number of nitrogens with one attached hydrogen (secondary N) is 1. The fourth-order valence-corrected chi connectivity index (χ4v) is 3.16. The lowest BCUT2D eigenvalue weighted by Gasteiger charge is -2.22. The maximum Gasteiger partial charge on any atom is 0.417 e. The number of hydrogen-bond acceptors (Lipinski definition) is 4. The number of alkyl halides is 6. The highest BCUT2D eigenvalue weighted by Gasteiger charge is 2.35. The summed E-state index contributed by atoms with van der Waals surface area (Å²) in [6, 6.07) is 8.03. The van der Waals surface area contributed by atoms with E-state index >= 15 is 0 Å². The average molecular weight is 448 g/mol. The van der Waals surface area contributed by atoms with Gasteiger partial charge in [0.25, 0.3) is 5.91 Å². The van der Waals surface area contributed by atoms with Crippen LogP contribution in [0.3, 0.4) is 0 Å². The fraction of sp³-hybridized carbons (Fsp3) is 0.263. The molecule has 0 aliphatic rings. The number of amides is 1. The summed E-state index contributed by atoms with van der Waals surface area (Å²) in [5, 5.41) is 21.3. The lowest BCUT2D eigenvalue weighted by atomic mass is 10.1. The highest BCUT2D eigenvalue weighted by molar-refractivity contribution is 7.99. The summed E-state index contributed by atoms with van der Waals surface area (Å²) >= 11 is 0.898. The van der Waals surface area contributed by atoms with Crippen LogP contribution in [0.2, 0.25) is 0 Å². The Bertz CT molecular complexity index is 963. The Kier molecular flexibility index (Phi) is 6.73. The van der Waals surface area contributed by atoms with Crippen molar-refractivity contribution in [3.05, 3.63) is 59.2 Å². The molecule has 4 nitrogen and oxygen atoms in total. The van der Waals surface area contributed by atoms with Gasteiger partial charge in [0.1, 0.15) is 5.60 Å². The van der Waals surface area contributed by atoms with E-state index in [2.05, 4.69) is 5.32 Å². The van der Waals surface area contributed by atoms with Crippen LogP contribution >= 0.6 is 11.8 Å². The molecule has 2 aromatic carbocycles. The van der Waals surface area contributed by atoms with Crippen LogP contribution in [0.5, 0.6) is 0 Å². The Hall–Kier alpha value is -2.71. The minimum Gasteiger partial charge on any atom is -0.379 e. The zero-order valence-electron chi connectivity index (χ0n) is 15.2. The van der Waals surface area contributed by atoms with Crippen molar-refractivity contribution in [2.24, 2.45) is 0 Å². The second-order valence-corrected chi connectivity index (χ2v) is 7.46. The van der Waals surface area contributed by atoms with Gasteiger partial charge in [0.15, 0.2) is 0 Å². The van der Waals surface area contributed by atoms with Gasteiger partial charge in [-0.15, -0.1) is 11.8 Å². The largest absolute Gasteiger partial charge is 0.417 e. The molecule has 0 aliphatic carbocycles. The standard InChI is InChI=1S/C19H14F6N2O2S/c1-17(29,10-30-14-6-3-12(4-7-14)18(20,21)22)16(28)27-13-5-2-11(9-26)15(8-13)19(23,24)25/h2-8,29H,10H2,1H3,(H,27,28). The van der Waals surface area contributed by atoms with Crippen molar-refractivity contribution in [3.8, 4) is 6.07 Å². The number of rotatable bonds is 5. The van der Waals surface area contributed by atoms with Crippen molar-refractivity contribution in [2.45, 2.75) is 29.8 Å². The molecule has 1 atom stereocenters. The van der Waals surface area contributed by atoms with E-state index in [-0.39, 0.29) is 11.4 Å². The van der Waals surface area contributed by atoms with Gasteiger partial charge in [-0.3, -0.25) is 4.79 Å². The van der Waals surface area contributed by atoms with Crippen molar-refractivity contribution >= 4 is 23.4 Å². The normalized spacial score (nSPS) is 14.0. The minimum atomic E-state index is -4.81. The lowest BCUT2D eigenvalue weighted by Crippen LogP contribution is -2.42. The minimum absolute atomic E-state index is 0.271. The summed E-state index contributed by atoms with van der Waals surface area (Å²) in [4.78, 5) is 12.6. The third-order valence-corrected chi connectivity index (χ3v) is 5.21. The van der Waals surface area contributed by atoms with Crippen molar-refractivity contribution < 1.29 is 36.2 Å². The van der Waals surface area contributed by atoms with Crippen LogP contribution in [0.1, 0.15) is 23.6 Å². The number of nitriles is 1. The van der Waals surface area contributed by atoms with E-state index in [1.165, 1.54) is 18.2 Å². The van der Waals surface area contributed by atoms with Gasteiger partial charge in [0.05, 0.1) is 22.8 Å². The summed E-state index contributed by atoms with van der Waals surface area (Å²) in [6.07, 6.45) is -9.31. The maximum absolute atomic E-state index is 13.0. The SMILES string of the molecule is CC(O)(CSc1ccc(C(F)(F)F)cc1)C(=O)Nc1ccc(C#N)c(C(F)(F)F)c1. The van der Waals surface area contributed by atoms with Crippen molar-refractivity contribution in [1.29, 1.82) is 5.26 Å². The van der Waals surface area contributed by atoms with Gasteiger partial charge >= 0.3 is 12.4 Å². The van der Waals surface area contributed by atoms with Crippen LogP contribution < -0.4 is 5.32 Å². The van der Waals surface area contributed by atoms with E-state index in [4.69, 9.17) is 5.26 Å². The molecule has 0 radical (unpaired) electrons. The molecular weight excluding hydrogens is 434 g/mol. The monoisotopic (exact) mass is 448 g/mol. The number of carbonyl (C=O) groups is 1. The predicted octanol–water partition coefficient (Wildman–Crippen LogP) is 5.08. The molecular formula is C19H14F6N2O2S. The van der Waals surface area contributed by atoms with Crippen LogP contribution in [0.25, 0.3) is 0 Å². The van der Waals surface area contributed by atoms with E-state index in [0.29, 0.717) is 11.0 Å². The van der Waals surface area contributed by atoms with E-state index in [9.17, 15) is 36.2 Å². The third-order valence-electron chi connectivity index (χ3n) is 3.89. The van der Waals surface area contributed by atoms with Gasteiger partial charge in [0.2, 0.25) is 0 Å². The molecule has 11 heteroatoms. The number of carbonyl (C=O) groups excluding carboxylic acids is 1. The maximum atomic E-state index is 13.0. The molecule has 0 aromatic heterocycles. The van der Waals surface area contributed by atoms with Crippen molar-refractivity contribution in [1.82, 2.24) is 0 Å². The summed E-state index contributed by atoms with van der Waals surface area (Å²) in [7, 11) is 0. The van der Waals surface area contributed by atoms with Crippen LogP contribution in [0.15, 0.2) is 47.4 Å². The Morgan fingerprint density at radius 2 is 1.67 bits per heavy atom. The van der Waals surface area contributed by atoms with Gasteiger partial charge in [0, 0.05) is 16.3 Å². The van der Waals surface area contributed by atoms with Gasteiger partial charge in [-0.25, -0.2) is 0 Å². The number of hydrogen-bond donors (Lipinski definition) is 2. The van der Waals surface area contributed by atoms with Crippen LogP contribution in [0.4, 0.5) is 32.0 Å². The topological polar surface area (TPSA) is 73.1 Å². The Balaban J connectivity index is 2.08. The summed E-state index contributed by atoms with van der Waals surface area (Å²) < 4.78 is 76.7. The summed E-state index contributed by atoms with van der Waals surface area (Å²) in [6.45, 7) is 1.12. The molecule has 2 rings (SSSR count). The highest BCUT2D eigenvalue weighted by atomic mass is 32.2. The molecule has 0 bridgehead atoms. The average Bonchev–Trinajstić information content (AvgIpc) is 2.65. The first-order valence-electron chi connectivity index (χ1n) is 8.19. The Labute approximate surface area is 171 Å². The van der Waals surface area contributed by atoms with Crippen molar-refractivity contribution in [2.75, 3.05) is 11.1 Å². The molecule has 0 aliphatic heterocycles. The second kappa shape index (κ2) is 8.57. The van der Waals surface area contributed by atoms with Crippen LogP contribution in [0, 0.1) is 11.3 Å². The van der Waals surface area contributed by atoms with Crippen molar-refractivity contribution in [3.63, 3.8) is 0 Å². The molecule has 2 aromatic rings. The zero-order chi connectivity index (χ0) is 22.7. The first-order chi connectivity index (χ1) is 13.7. The number of thioether (sulfide) groups is 1. The van der Waals surface area contributed by atoms with Gasteiger partial charge in [-0.1, -0.05) is 0 Å². The van der Waals surface area contributed by atoms with Crippen LogP contribution in [-0.4, -0.2) is 22.4 Å². The van der Waals surface area contributed by atoms with Gasteiger partial charge < -0.3 is 10.4 Å². The first kappa shape index (κ1) is 23.6. The number of nitrogens with zero attached hydrogens (tertiary/aromatic N) is 1. The smallest absolute Gasteiger partial charge is 0.379 e. The molecule has 0 fully saturated rings. The lowest BCUT2D eigenvalue weighted by molar-refractivity contribution is -0.138. The van der Waals surface area contributed by atoms with E-state index in [1.54, 1.807) is 0 Å². The highest BCUT2D eigenvalue weighted by Crippen LogP contribution is 2.34. The van der Waals surface area contributed by atoms with E-state index in [0.717, 1.165) is 43.0 Å². The van der Waals surface area contributed by atoms with Crippen LogP contribution in [-0.2, 0) is 17.1 Å². The molecule has 0 heterocycles. The predicted molar refractivity (Wildman–Crippen MR) is 97.6 cm³/mol. The number of anilines is 1. The molecule has 2 N–H and O–H groups in total. The number of aliphatic hydroxyl groups is 1. The van der Waals surface area contributed by atoms with E-state index < -0.39 is 40.6 Å². The number of benzene rings is 2.